The summed E-state index contributed by atoms with van der Waals surface area (Å²) in [6.07, 6.45) is 5.64. The van der Waals surface area contributed by atoms with Crippen LogP contribution in [0.1, 0.15) is 12.6 Å². The van der Waals surface area contributed by atoms with Gasteiger partial charge in [-0.3, -0.25) is 0 Å². The van der Waals surface area contributed by atoms with Crippen LogP contribution < -0.4 is 10.6 Å². The molecule has 0 fully saturated rings. The summed E-state index contributed by atoms with van der Waals surface area (Å²) >= 11 is 0. The van der Waals surface area contributed by atoms with Crippen LogP contribution in [-0.2, 0) is 13.1 Å². The summed E-state index contributed by atoms with van der Waals surface area (Å²) in [4.78, 5) is 4.44. The number of hydrogen-bond donors (Lipinski definition) is 2. The van der Waals surface area contributed by atoms with Crippen molar-refractivity contribution in [2.24, 2.45) is 4.99 Å². The molecule has 0 saturated heterocycles. The highest BCUT2D eigenvalue weighted by Gasteiger charge is 1.99. The van der Waals surface area contributed by atoms with Crippen LogP contribution in [0.3, 0.4) is 0 Å². The van der Waals surface area contributed by atoms with Crippen LogP contribution in [0.2, 0.25) is 0 Å². The molecule has 0 amide bonds. The van der Waals surface area contributed by atoms with Crippen molar-refractivity contribution >= 4 is 29.9 Å². The molecule has 7 heteroatoms. The average Bonchev–Trinajstić information content (AvgIpc) is 3.09. The van der Waals surface area contributed by atoms with Crippen LogP contribution in [0.4, 0.5) is 0 Å². The van der Waals surface area contributed by atoms with Gasteiger partial charge in [0, 0.05) is 38.1 Å². The van der Waals surface area contributed by atoms with Crippen LogP contribution in [0.5, 0.6) is 0 Å². The quantitative estimate of drug-likeness (QED) is 0.450. The van der Waals surface area contributed by atoms with Gasteiger partial charge in [0.2, 0.25) is 0 Å². The summed E-state index contributed by atoms with van der Waals surface area (Å²) in [5.74, 6) is 0.789. The van der Waals surface area contributed by atoms with E-state index in [9.17, 15) is 0 Å². The summed E-state index contributed by atoms with van der Waals surface area (Å²) in [7, 11) is 0. The van der Waals surface area contributed by atoms with Gasteiger partial charge in [0.1, 0.15) is 12.0 Å². The lowest BCUT2D eigenvalue weighted by molar-refractivity contribution is 0.412. The molecule has 6 nitrogen and oxygen atoms in total. The number of aromatic nitrogens is 2. The van der Waals surface area contributed by atoms with Crippen molar-refractivity contribution in [3.05, 3.63) is 42.5 Å². The fraction of sp³-hybridized carbons (Fsp3) is 0.385. The predicted molar refractivity (Wildman–Crippen MR) is 89.2 cm³/mol. The molecule has 0 atom stereocenters. The Labute approximate surface area is 135 Å². The molecule has 0 saturated carbocycles. The normalized spacial score (nSPS) is 10.9. The van der Waals surface area contributed by atoms with Gasteiger partial charge in [0.05, 0.1) is 6.54 Å². The second-order valence-electron chi connectivity index (χ2n) is 4.03. The van der Waals surface area contributed by atoms with Crippen molar-refractivity contribution in [3.8, 4) is 0 Å². The monoisotopic (exact) mass is 389 g/mol. The number of halogens is 1. The fourth-order valence-electron chi connectivity index (χ4n) is 1.64. The highest BCUT2D eigenvalue weighted by Crippen LogP contribution is 1.96. The number of aliphatic imine (C=N–C) groups is 1. The Morgan fingerprint density at radius 3 is 2.80 bits per heavy atom. The van der Waals surface area contributed by atoms with Crippen molar-refractivity contribution in [1.82, 2.24) is 20.4 Å². The van der Waals surface area contributed by atoms with Crippen LogP contribution >= 0.6 is 24.0 Å². The molecule has 2 rings (SSSR count). The second kappa shape index (κ2) is 9.40. The zero-order valence-electron chi connectivity index (χ0n) is 11.5. The highest BCUT2D eigenvalue weighted by molar-refractivity contribution is 14.0. The van der Waals surface area contributed by atoms with Crippen LogP contribution in [0.25, 0.3) is 0 Å². The Morgan fingerprint density at radius 1 is 1.35 bits per heavy atom. The van der Waals surface area contributed by atoms with Crippen molar-refractivity contribution in [1.29, 1.82) is 0 Å². The van der Waals surface area contributed by atoms with E-state index in [-0.39, 0.29) is 24.0 Å². The lowest BCUT2D eigenvalue weighted by Crippen LogP contribution is -2.38. The molecule has 0 aliphatic rings. The van der Waals surface area contributed by atoms with Crippen LogP contribution in [0.15, 0.2) is 46.4 Å². The Balaban J connectivity index is 0.00000200. The Kier molecular flexibility index (Phi) is 7.78. The van der Waals surface area contributed by atoms with E-state index in [0.717, 1.165) is 31.3 Å². The van der Waals surface area contributed by atoms with Crippen LogP contribution in [0, 0.1) is 0 Å². The summed E-state index contributed by atoms with van der Waals surface area (Å²) in [6.45, 7) is 5.10. The summed E-state index contributed by atoms with van der Waals surface area (Å²) in [5.41, 5.74) is 0.822. The molecule has 2 aromatic heterocycles. The molecule has 0 unspecified atom stereocenters. The molecule has 20 heavy (non-hydrogen) atoms. The van der Waals surface area contributed by atoms with Gasteiger partial charge in [-0.05, 0) is 19.1 Å². The van der Waals surface area contributed by atoms with Gasteiger partial charge >= 0.3 is 0 Å². The molecule has 0 bridgehead atoms. The predicted octanol–water partition coefficient (Wildman–Crippen LogP) is 1.85. The van der Waals surface area contributed by atoms with Crippen molar-refractivity contribution in [3.63, 3.8) is 0 Å². The maximum atomic E-state index is 4.77. The van der Waals surface area contributed by atoms with Gasteiger partial charge < -0.3 is 19.7 Å². The maximum Gasteiger partial charge on any atom is 0.191 e. The first-order chi connectivity index (χ1) is 9.38. The third kappa shape index (κ3) is 5.64. The first-order valence-electron chi connectivity index (χ1n) is 6.40. The summed E-state index contributed by atoms with van der Waals surface area (Å²) < 4.78 is 6.89. The van der Waals surface area contributed by atoms with E-state index < -0.39 is 0 Å². The minimum atomic E-state index is 0. The topological polar surface area (TPSA) is 67.4 Å². The summed E-state index contributed by atoms with van der Waals surface area (Å²) in [5, 5.41) is 10.3. The standard InChI is InChI=1S/C13H19N5O.HI/c1-2-14-13(16-11-12-5-10-19-17-12)15-6-9-18-7-3-4-8-18;/h3-5,7-8,10H,2,6,9,11H2,1H3,(H2,14,15,16);1H. The number of hydrogen-bond acceptors (Lipinski definition) is 3. The molecule has 0 aliphatic carbocycles. The molecule has 0 aliphatic heterocycles. The fourth-order valence-corrected chi connectivity index (χ4v) is 1.64. The van der Waals surface area contributed by atoms with E-state index in [1.165, 1.54) is 0 Å². The number of nitrogens with one attached hydrogen (secondary N) is 2. The number of rotatable bonds is 6. The van der Waals surface area contributed by atoms with Gasteiger partial charge in [-0.2, -0.15) is 0 Å². The van der Waals surface area contributed by atoms with Gasteiger partial charge in [-0.1, -0.05) is 5.16 Å². The molecule has 0 aromatic carbocycles. The zero-order valence-corrected chi connectivity index (χ0v) is 13.8. The molecule has 2 heterocycles. The third-order valence-electron chi connectivity index (χ3n) is 2.56. The van der Waals surface area contributed by atoms with Gasteiger partial charge in [0.15, 0.2) is 5.96 Å². The first kappa shape index (κ1) is 16.5. The molecular weight excluding hydrogens is 369 g/mol. The Bertz CT molecular complexity index is 481. The van der Waals surface area contributed by atoms with Gasteiger partial charge in [0.25, 0.3) is 0 Å². The largest absolute Gasteiger partial charge is 0.364 e. The molecule has 2 aromatic rings. The number of nitrogens with zero attached hydrogens (tertiary/aromatic N) is 3. The molecule has 0 radical (unpaired) electrons. The summed E-state index contributed by atoms with van der Waals surface area (Å²) in [6, 6.07) is 5.85. The van der Waals surface area contributed by atoms with E-state index in [4.69, 9.17) is 4.52 Å². The average molecular weight is 389 g/mol. The molecular formula is C13H20IN5O. The van der Waals surface area contributed by atoms with E-state index >= 15 is 0 Å². The maximum absolute atomic E-state index is 4.77. The number of guanidine groups is 1. The third-order valence-corrected chi connectivity index (χ3v) is 2.56. The van der Waals surface area contributed by atoms with Crippen molar-refractivity contribution in [2.75, 3.05) is 13.1 Å². The molecule has 0 spiro atoms. The second-order valence-corrected chi connectivity index (χ2v) is 4.03. The Morgan fingerprint density at radius 2 is 2.15 bits per heavy atom. The van der Waals surface area contributed by atoms with Crippen molar-refractivity contribution in [2.45, 2.75) is 20.0 Å². The smallest absolute Gasteiger partial charge is 0.191 e. The van der Waals surface area contributed by atoms with E-state index in [1.807, 2.05) is 37.5 Å². The van der Waals surface area contributed by atoms with Crippen LogP contribution in [-0.4, -0.2) is 28.8 Å². The molecule has 110 valence electrons. The van der Waals surface area contributed by atoms with E-state index in [2.05, 4.69) is 25.3 Å². The van der Waals surface area contributed by atoms with Crippen molar-refractivity contribution < 1.29 is 4.52 Å². The zero-order chi connectivity index (χ0) is 13.3. The lowest BCUT2D eigenvalue weighted by Gasteiger charge is -2.11. The SMILES string of the molecule is CCNC(=NCc1ccon1)NCCn1cccc1.I. The molecule has 2 N–H and O–H groups in total. The van der Waals surface area contributed by atoms with Gasteiger partial charge in [-0.15, -0.1) is 24.0 Å². The minimum absolute atomic E-state index is 0. The van der Waals surface area contributed by atoms with E-state index in [0.29, 0.717) is 6.54 Å². The highest BCUT2D eigenvalue weighted by atomic mass is 127. The Hall–Kier alpha value is -1.51. The lowest BCUT2D eigenvalue weighted by atomic mass is 10.4. The minimum Gasteiger partial charge on any atom is -0.364 e. The van der Waals surface area contributed by atoms with E-state index in [1.54, 1.807) is 6.26 Å². The van der Waals surface area contributed by atoms with Gasteiger partial charge in [-0.25, -0.2) is 4.99 Å². The first-order valence-corrected chi connectivity index (χ1v) is 6.40.